The highest BCUT2D eigenvalue weighted by molar-refractivity contribution is 8.06. The van der Waals surface area contributed by atoms with Gasteiger partial charge in [0.1, 0.15) is 11.5 Å². The predicted molar refractivity (Wildman–Crippen MR) is 129 cm³/mol. The van der Waals surface area contributed by atoms with Crippen molar-refractivity contribution in [1.82, 2.24) is 0 Å². The molecule has 0 saturated heterocycles. The average Bonchev–Trinajstić information content (AvgIpc) is 2.88. The molecule has 0 saturated carbocycles. The second kappa shape index (κ2) is 9.86. The van der Waals surface area contributed by atoms with Gasteiger partial charge >= 0.3 is 0 Å². The van der Waals surface area contributed by atoms with Crippen molar-refractivity contribution < 1.29 is 4.74 Å². The molecule has 2 nitrogen and oxygen atoms in total. The molecule has 1 heterocycles. The van der Waals surface area contributed by atoms with Gasteiger partial charge in [-0.1, -0.05) is 79.0 Å². The van der Waals surface area contributed by atoms with Crippen LogP contribution in [-0.4, -0.2) is 0 Å². The summed E-state index contributed by atoms with van der Waals surface area (Å²) in [5, 5.41) is 2.18. The van der Waals surface area contributed by atoms with E-state index in [1.54, 1.807) is 11.8 Å². The molecule has 148 valence electrons. The monoisotopic (exact) mass is 409 g/mol. The first-order chi connectivity index (χ1) is 14.8. The molecular formula is C27H23NOS. The number of nitrogens with zero attached hydrogens (tertiary/aromatic N) is 1. The maximum atomic E-state index is 6.08. The van der Waals surface area contributed by atoms with Crippen LogP contribution in [-0.2, 0) is 0 Å². The summed E-state index contributed by atoms with van der Waals surface area (Å²) >= 11 is 1.64. The molecule has 30 heavy (non-hydrogen) atoms. The molecule has 0 fully saturated rings. The van der Waals surface area contributed by atoms with Gasteiger partial charge in [-0.05, 0) is 47.9 Å². The summed E-state index contributed by atoms with van der Waals surface area (Å²) < 4.78 is 6.08. The smallest absolute Gasteiger partial charge is 0.129 e. The highest BCUT2D eigenvalue weighted by atomic mass is 32.2. The van der Waals surface area contributed by atoms with Gasteiger partial charge in [0.15, 0.2) is 0 Å². The van der Waals surface area contributed by atoms with Crippen molar-refractivity contribution >= 4 is 23.1 Å². The molecule has 3 aromatic carbocycles. The fraction of sp³-hybridized carbons (Fsp3) is 0.0370. The Balaban J connectivity index is 1.73. The lowest BCUT2D eigenvalue weighted by Gasteiger charge is -2.28. The molecule has 0 atom stereocenters. The predicted octanol–water partition coefficient (Wildman–Crippen LogP) is 8.22. The minimum absolute atomic E-state index is 0.803. The van der Waals surface area contributed by atoms with Crippen LogP contribution in [0.25, 0.3) is 0 Å². The molecule has 0 aromatic heterocycles. The number of rotatable bonds is 5. The number of ether oxygens (including phenoxy) is 1. The number of anilines is 2. The van der Waals surface area contributed by atoms with E-state index in [0.717, 1.165) is 34.2 Å². The van der Waals surface area contributed by atoms with Gasteiger partial charge in [-0.25, -0.2) is 0 Å². The Morgan fingerprint density at radius 2 is 1.47 bits per heavy atom. The summed E-state index contributed by atoms with van der Waals surface area (Å²) in [7, 11) is 0. The van der Waals surface area contributed by atoms with Crippen molar-refractivity contribution in [3.8, 4) is 11.5 Å². The number of thioether (sulfide) groups is 1. The number of hydrogen-bond donors (Lipinski definition) is 0. The summed E-state index contributed by atoms with van der Waals surface area (Å²) in [6.45, 7) is 4.12. The molecule has 3 heteroatoms. The Bertz CT molecular complexity index is 1080. The van der Waals surface area contributed by atoms with E-state index in [0.29, 0.717) is 0 Å². The molecule has 1 aliphatic rings. The molecule has 1 aliphatic heterocycles. The zero-order valence-corrected chi connectivity index (χ0v) is 17.5. The van der Waals surface area contributed by atoms with Gasteiger partial charge in [0.25, 0.3) is 0 Å². The van der Waals surface area contributed by atoms with Crippen LogP contribution < -0.4 is 9.64 Å². The minimum atomic E-state index is 0.803. The Labute approximate surface area is 182 Å². The zero-order valence-electron chi connectivity index (χ0n) is 16.6. The van der Waals surface area contributed by atoms with Crippen LogP contribution in [0, 0.1) is 0 Å². The maximum absolute atomic E-state index is 6.08. The summed E-state index contributed by atoms with van der Waals surface area (Å²) in [6.07, 6.45) is 9.11. The molecule has 4 rings (SSSR count). The maximum Gasteiger partial charge on any atom is 0.129 e. The second-order valence-electron chi connectivity index (χ2n) is 6.77. The largest absolute Gasteiger partial charge is 0.457 e. The third-order valence-corrected chi connectivity index (χ3v) is 5.39. The van der Waals surface area contributed by atoms with E-state index in [1.165, 1.54) is 5.70 Å². The average molecular weight is 410 g/mol. The van der Waals surface area contributed by atoms with Crippen LogP contribution in [0.2, 0.25) is 0 Å². The van der Waals surface area contributed by atoms with Crippen LogP contribution in [0.3, 0.4) is 0 Å². The van der Waals surface area contributed by atoms with E-state index in [2.05, 4.69) is 65.4 Å². The first-order valence-corrected chi connectivity index (χ1v) is 10.7. The van der Waals surface area contributed by atoms with Crippen LogP contribution in [0.1, 0.15) is 6.42 Å². The number of hydrogen-bond acceptors (Lipinski definition) is 3. The topological polar surface area (TPSA) is 12.5 Å². The normalized spacial score (nSPS) is 17.6. The van der Waals surface area contributed by atoms with Gasteiger partial charge in [-0.15, -0.1) is 0 Å². The van der Waals surface area contributed by atoms with Crippen LogP contribution in [0.15, 0.2) is 132 Å². The van der Waals surface area contributed by atoms with E-state index in [4.69, 9.17) is 4.74 Å². The molecule has 0 spiro atoms. The molecular weight excluding hydrogens is 386 g/mol. The third-order valence-electron chi connectivity index (χ3n) is 4.56. The van der Waals surface area contributed by atoms with E-state index in [-0.39, 0.29) is 0 Å². The molecule has 0 unspecified atom stereocenters. The van der Waals surface area contributed by atoms with E-state index in [9.17, 15) is 0 Å². The van der Waals surface area contributed by atoms with E-state index in [1.807, 2.05) is 60.7 Å². The Morgan fingerprint density at radius 1 is 0.767 bits per heavy atom. The van der Waals surface area contributed by atoms with Gasteiger partial charge in [0.05, 0.1) is 0 Å². The molecule has 0 amide bonds. The number of benzene rings is 3. The van der Waals surface area contributed by atoms with Gasteiger partial charge in [0.2, 0.25) is 0 Å². The fourth-order valence-electron chi connectivity index (χ4n) is 3.17. The first kappa shape index (κ1) is 19.9. The van der Waals surface area contributed by atoms with Crippen LogP contribution in [0.5, 0.6) is 11.5 Å². The van der Waals surface area contributed by atoms with Crippen molar-refractivity contribution in [2.24, 2.45) is 0 Å². The van der Waals surface area contributed by atoms with Crippen LogP contribution in [0.4, 0.5) is 11.4 Å². The van der Waals surface area contributed by atoms with Crippen molar-refractivity contribution in [3.63, 3.8) is 0 Å². The molecule has 0 bridgehead atoms. The Morgan fingerprint density at radius 3 is 2.27 bits per heavy atom. The van der Waals surface area contributed by atoms with Crippen molar-refractivity contribution in [1.29, 1.82) is 0 Å². The molecule has 3 aromatic rings. The fourth-order valence-corrected chi connectivity index (χ4v) is 3.82. The zero-order chi connectivity index (χ0) is 20.6. The van der Waals surface area contributed by atoms with Crippen molar-refractivity contribution in [3.05, 3.63) is 132 Å². The standard InChI is InChI=1S/C27H23NOS/c1-22-12-5-2-8-15-25(21-30-22)28(23-13-6-3-7-14-23)24-16-11-19-27(20-24)29-26-17-9-4-10-18-26/h2-14,16-21H,1,15H2/b8-2-,12-5-,25-21+. The van der Waals surface area contributed by atoms with Crippen molar-refractivity contribution in [2.75, 3.05) is 4.90 Å². The highest BCUT2D eigenvalue weighted by Crippen LogP contribution is 2.36. The SMILES string of the molecule is C=C1/C=C\C=C/C/C(N(c2ccccc2)c2cccc(Oc3ccccc3)c2)=C\S1. The number of allylic oxidation sites excluding steroid dienone is 4. The van der Waals surface area contributed by atoms with E-state index >= 15 is 0 Å². The van der Waals surface area contributed by atoms with Gasteiger partial charge < -0.3 is 9.64 Å². The summed E-state index contributed by atoms with van der Waals surface area (Å²) in [5.41, 5.74) is 3.32. The third kappa shape index (κ3) is 5.13. The number of para-hydroxylation sites is 2. The lowest BCUT2D eigenvalue weighted by molar-refractivity contribution is 0.483. The second-order valence-corrected chi connectivity index (χ2v) is 7.76. The molecule has 0 aliphatic carbocycles. The van der Waals surface area contributed by atoms with Crippen LogP contribution >= 0.6 is 11.8 Å². The Kier molecular flexibility index (Phi) is 6.53. The van der Waals surface area contributed by atoms with Gasteiger partial charge in [-0.3, -0.25) is 0 Å². The summed E-state index contributed by atoms with van der Waals surface area (Å²) in [4.78, 5) is 3.28. The highest BCUT2D eigenvalue weighted by Gasteiger charge is 2.15. The lowest BCUT2D eigenvalue weighted by atomic mass is 10.1. The molecule has 0 radical (unpaired) electrons. The quantitative estimate of drug-likeness (QED) is 0.421. The first-order valence-electron chi connectivity index (χ1n) is 9.85. The Hall–Kier alpha value is -3.43. The summed E-state index contributed by atoms with van der Waals surface area (Å²) in [6, 6.07) is 28.5. The lowest BCUT2D eigenvalue weighted by Crippen LogP contribution is -2.16. The molecule has 0 N–H and O–H groups in total. The van der Waals surface area contributed by atoms with Crippen molar-refractivity contribution in [2.45, 2.75) is 6.42 Å². The van der Waals surface area contributed by atoms with Gasteiger partial charge in [-0.2, -0.15) is 0 Å². The van der Waals surface area contributed by atoms with Gasteiger partial charge in [0, 0.05) is 34.5 Å². The summed E-state index contributed by atoms with van der Waals surface area (Å²) in [5.74, 6) is 1.63. The van der Waals surface area contributed by atoms with E-state index < -0.39 is 0 Å². The minimum Gasteiger partial charge on any atom is -0.457 e.